The second-order valence-corrected chi connectivity index (χ2v) is 10.3. The molecule has 0 saturated heterocycles. The normalized spacial score (nSPS) is 11.7. The summed E-state index contributed by atoms with van der Waals surface area (Å²) in [6.45, 7) is -0.0845. The van der Waals surface area contributed by atoms with E-state index in [1.807, 2.05) is 0 Å². The lowest BCUT2D eigenvalue weighted by Gasteiger charge is -2.22. The number of hydrogen-bond donors (Lipinski definition) is 1. The molecule has 0 aliphatic carbocycles. The van der Waals surface area contributed by atoms with Crippen molar-refractivity contribution in [3.63, 3.8) is 0 Å². The maximum absolute atomic E-state index is 12.9. The van der Waals surface area contributed by atoms with Gasteiger partial charge in [0.15, 0.2) is 0 Å². The Morgan fingerprint density at radius 1 is 0.967 bits per heavy atom. The van der Waals surface area contributed by atoms with Crippen LogP contribution in [0.2, 0.25) is 0 Å². The Kier molecular flexibility index (Phi) is 7.45. The van der Waals surface area contributed by atoms with Crippen LogP contribution in [0.5, 0.6) is 5.75 Å². The third-order valence-corrected chi connectivity index (χ3v) is 7.58. The first kappa shape index (κ1) is 23.6. The maximum Gasteiger partial charge on any atom is 0.264 e. The average Bonchev–Trinajstić information content (AvgIpc) is 2.72. The van der Waals surface area contributed by atoms with Crippen LogP contribution in [0.15, 0.2) is 58.3 Å². The van der Waals surface area contributed by atoms with Crippen LogP contribution in [-0.4, -0.2) is 62.4 Å². The first-order chi connectivity index (χ1) is 14.0. The number of benzene rings is 2. The summed E-state index contributed by atoms with van der Waals surface area (Å²) in [6, 6.07) is 11.7. The van der Waals surface area contributed by atoms with Gasteiger partial charge in [-0.3, -0.25) is 9.10 Å². The Bertz CT molecular complexity index is 1100. The van der Waals surface area contributed by atoms with Gasteiger partial charge < -0.3 is 9.64 Å². The van der Waals surface area contributed by atoms with E-state index >= 15 is 0 Å². The molecule has 2 aromatic rings. The summed E-state index contributed by atoms with van der Waals surface area (Å²) >= 11 is 0. The zero-order valence-electron chi connectivity index (χ0n) is 17.2. The highest BCUT2D eigenvalue weighted by Gasteiger charge is 2.26. The molecule has 0 atom stereocenters. The van der Waals surface area contributed by atoms with Gasteiger partial charge in [0.2, 0.25) is 15.9 Å². The van der Waals surface area contributed by atoms with E-state index in [4.69, 9.17) is 4.74 Å². The number of rotatable bonds is 9. The highest BCUT2D eigenvalue weighted by molar-refractivity contribution is 7.92. The number of amides is 1. The Morgan fingerprint density at radius 2 is 1.60 bits per heavy atom. The fraction of sp³-hybridized carbons (Fsp3) is 0.316. The van der Waals surface area contributed by atoms with Crippen molar-refractivity contribution in [2.75, 3.05) is 39.1 Å². The molecule has 0 saturated carbocycles. The van der Waals surface area contributed by atoms with Crippen LogP contribution in [0.4, 0.5) is 5.69 Å². The Hall–Kier alpha value is -2.63. The molecule has 2 aromatic carbocycles. The minimum absolute atomic E-state index is 0.00245. The minimum Gasteiger partial charge on any atom is -0.495 e. The quantitative estimate of drug-likeness (QED) is 0.609. The standard InChI is InChI=1S/C19H25N3O6S2/c1-21(2)19(23)12-13-20-29(24,25)16-10-11-18(28-4)17(14-16)22(3)30(26,27)15-8-6-5-7-9-15/h5-11,14,20H,12-13H2,1-4H3. The van der Waals surface area contributed by atoms with Crippen molar-refractivity contribution in [1.29, 1.82) is 0 Å². The van der Waals surface area contributed by atoms with Crippen molar-refractivity contribution >= 4 is 31.6 Å². The van der Waals surface area contributed by atoms with Gasteiger partial charge in [-0.1, -0.05) is 18.2 Å². The highest BCUT2D eigenvalue weighted by atomic mass is 32.2. The summed E-state index contributed by atoms with van der Waals surface area (Å²) in [5.74, 6) is -0.0273. The van der Waals surface area contributed by atoms with Crippen molar-refractivity contribution in [3.8, 4) is 5.75 Å². The van der Waals surface area contributed by atoms with E-state index in [9.17, 15) is 21.6 Å². The predicted octanol–water partition coefficient (Wildman–Crippen LogP) is 1.28. The monoisotopic (exact) mass is 455 g/mol. The number of hydrogen-bond acceptors (Lipinski definition) is 6. The third kappa shape index (κ3) is 5.29. The summed E-state index contributed by atoms with van der Waals surface area (Å²) in [6.07, 6.45) is -0.00245. The molecule has 0 fully saturated rings. The van der Waals surface area contributed by atoms with Crippen LogP contribution in [-0.2, 0) is 24.8 Å². The van der Waals surface area contributed by atoms with Crippen LogP contribution in [0, 0.1) is 0 Å². The minimum atomic E-state index is -3.97. The first-order valence-electron chi connectivity index (χ1n) is 8.92. The molecule has 0 heterocycles. The zero-order valence-corrected chi connectivity index (χ0v) is 18.8. The summed E-state index contributed by atoms with van der Waals surface area (Å²) in [5.41, 5.74) is 0.0635. The Labute approximate surface area is 177 Å². The molecule has 2 rings (SSSR count). The van der Waals surface area contributed by atoms with Crippen LogP contribution in [0.25, 0.3) is 0 Å². The summed E-state index contributed by atoms with van der Waals surface area (Å²) < 4.78 is 59.7. The van der Waals surface area contributed by atoms with Crippen molar-refractivity contribution in [1.82, 2.24) is 9.62 Å². The smallest absolute Gasteiger partial charge is 0.264 e. The number of anilines is 1. The Balaban J connectivity index is 2.36. The molecule has 9 nitrogen and oxygen atoms in total. The zero-order chi connectivity index (χ0) is 22.5. The van der Waals surface area contributed by atoms with Crippen LogP contribution in [0.3, 0.4) is 0 Å². The number of methoxy groups -OCH3 is 1. The second kappa shape index (κ2) is 9.45. The van der Waals surface area contributed by atoms with Gasteiger partial charge in [0.05, 0.1) is 22.6 Å². The lowest BCUT2D eigenvalue weighted by molar-refractivity contribution is -0.128. The van der Waals surface area contributed by atoms with Gasteiger partial charge in [0, 0.05) is 34.1 Å². The van der Waals surface area contributed by atoms with Crippen molar-refractivity contribution in [2.45, 2.75) is 16.2 Å². The molecule has 0 bridgehead atoms. The van der Waals surface area contributed by atoms with Crippen molar-refractivity contribution < 1.29 is 26.4 Å². The van der Waals surface area contributed by atoms with Crippen molar-refractivity contribution in [2.24, 2.45) is 0 Å². The molecule has 0 aliphatic heterocycles. The van der Waals surface area contributed by atoms with E-state index in [-0.39, 0.29) is 40.1 Å². The molecule has 0 radical (unpaired) electrons. The number of sulfonamides is 2. The SMILES string of the molecule is COc1ccc(S(=O)(=O)NCCC(=O)N(C)C)cc1N(C)S(=O)(=O)c1ccccc1. The van der Waals surface area contributed by atoms with E-state index in [0.717, 1.165) is 4.31 Å². The first-order valence-corrected chi connectivity index (χ1v) is 11.8. The fourth-order valence-electron chi connectivity index (χ4n) is 2.56. The van der Waals surface area contributed by atoms with E-state index in [1.54, 1.807) is 32.3 Å². The van der Waals surface area contributed by atoms with Gasteiger partial charge >= 0.3 is 0 Å². The van der Waals surface area contributed by atoms with Gasteiger partial charge in [-0.25, -0.2) is 21.6 Å². The molecule has 0 aromatic heterocycles. The molecule has 1 N–H and O–H groups in total. The van der Waals surface area contributed by atoms with Gasteiger partial charge in [0.25, 0.3) is 10.0 Å². The van der Waals surface area contributed by atoms with Crippen LogP contribution < -0.4 is 13.8 Å². The summed E-state index contributed by atoms with van der Waals surface area (Å²) in [4.78, 5) is 12.9. The average molecular weight is 456 g/mol. The number of nitrogens with one attached hydrogen (secondary N) is 1. The number of carbonyl (C=O) groups is 1. The summed E-state index contributed by atoms with van der Waals surface area (Å²) in [5, 5.41) is 0. The lowest BCUT2D eigenvalue weighted by atomic mass is 10.3. The number of carbonyl (C=O) groups excluding carboxylic acids is 1. The van der Waals surface area contributed by atoms with E-state index in [2.05, 4.69) is 4.72 Å². The predicted molar refractivity (Wildman–Crippen MR) is 114 cm³/mol. The fourth-order valence-corrected chi connectivity index (χ4v) is 4.83. The molecule has 164 valence electrons. The van der Waals surface area contributed by atoms with Crippen LogP contribution in [0.1, 0.15) is 6.42 Å². The molecule has 11 heteroatoms. The van der Waals surface area contributed by atoms with Gasteiger partial charge in [-0.15, -0.1) is 0 Å². The van der Waals surface area contributed by atoms with Crippen molar-refractivity contribution in [3.05, 3.63) is 48.5 Å². The molecule has 1 amide bonds. The van der Waals surface area contributed by atoms with Gasteiger partial charge in [-0.05, 0) is 30.3 Å². The molecule has 0 aliphatic rings. The van der Waals surface area contributed by atoms with Crippen LogP contribution >= 0.6 is 0 Å². The molecule has 0 unspecified atom stereocenters. The van der Waals surface area contributed by atoms with E-state index < -0.39 is 20.0 Å². The molecular formula is C19H25N3O6S2. The lowest BCUT2D eigenvalue weighted by Crippen LogP contribution is -2.31. The third-order valence-electron chi connectivity index (χ3n) is 4.33. The highest BCUT2D eigenvalue weighted by Crippen LogP contribution is 2.33. The topological polar surface area (TPSA) is 113 Å². The maximum atomic E-state index is 12.9. The molecule has 30 heavy (non-hydrogen) atoms. The number of nitrogens with zero attached hydrogens (tertiary/aromatic N) is 2. The Morgan fingerprint density at radius 3 is 2.17 bits per heavy atom. The van der Waals surface area contributed by atoms with E-state index in [1.165, 1.54) is 49.4 Å². The largest absolute Gasteiger partial charge is 0.495 e. The molecule has 0 spiro atoms. The van der Waals surface area contributed by atoms with Gasteiger partial charge in [0.1, 0.15) is 5.75 Å². The second-order valence-electron chi connectivity index (χ2n) is 6.56. The van der Waals surface area contributed by atoms with Gasteiger partial charge in [-0.2, -0.15) is 0 Å². The van der Waals surface area contributed by atoms with E-state index in [0.29, 0.717) is 0 Å². The summed E-state index contributed by atoms with van der Waals surface area (Å²) in [7, 11) is -2.07. The number of ether oxygens (including phenoxy) is 1. The molecular weight excluding hydrogens is 430 g/mol.